The molecule has 7 nitrogen and oxygen atoms in total. The van der Waals surface area contributed by atoms with Gasteiger partial charge in [0.25, 0.3) is 0 Å². The van der Waals surface area contributed by atoms with Crippen molar-refractivity contribution in [2.75, 3.05) is 39.3 Å². The first-order chi connectivity index (χ1) is 15.6. The largest absolute Gasteiger partial charge is 0.491 e. The van der Waals surface area contributed by atoms with Crippen molar-refractivity contribution in [3.05, 3.63) is 57.0 Å². The average molecular weight is 604 g/mol. The topological polar surface area (TPSA) is 87.2 Å². The lowest BCUT2D eigenvalue weighted by molar-refractivity contribution is -0.116. The number of halogens is 2. The van der Waals surface area contributed by atoms with Gasteiger partial charge in [0.2, 0.25) is 10.0 Å². The molecule has 1 fully saturated rings. The predicted molar refractivity (Wildman–Crippen MR) is 134 cm³/mol. The fourth-order valence-corrected chi connectivity index (χ4v) is 6.47. The Hall–Kier alpha value is -1.30. The van der Waals surface area contributed by atoms with Gasteiger partial charge in [-0.1, -0.05) is 28.1 Å². The molecule has 0 spiro atoms. The molecule has 2 aromatic rings. The fourth-order valence-electron chi connectivity index (χ4n) is 3.58. The molecule has 3 rings (SSSR count). The number of benzene rings is 2. The number of rotatable bonds is 10. The van der Waals surface area contributed by atoms with Crippen LogP contribution in [0.25, 0.3) is 0 Å². The number of aliphatic hydroxyl groups is 1. The van der Waals surface area contributed by atoms with Gasteiger partial charge in [0.15, 0.2) is 0 Å². The molecule has 1 heterocycles. The first-order valence-electron chi connectivity index (χ1n) is 10.7. The van der Waals surface area contributed by atoms with E-state index in [1.807, 2.05) is 29.2 Å². The van der Waals surface area contributed by atoms with Crippen LogP contribution >= 0.6 is 31.9 Å². The summed E-state index contributed by atoms with van der Waals surface area (Å²) < 4.78 is 34.4. The molecule has 180 valence electrons. The molecule has 10 heteroatoms. The van der Waals surface area contributed by atoms with E-state index in [1.165, 1.54) is 4.31 Å². The van der Waals surface area contributed by atoms with Crippen LogP contribution in [0.5, 0.6) is 5.75 Å². The molecule has 1 aliphatic heterocycles. The highest BCUT2D eigenvalue weighted by atomic mass is 79.9. The van der Waals surface area contributed by atoms with Crippen LogP contribution in [-0.2, 0) is 21.2 Å². The van der Waals surface area contributed by atoms with E-state index in [0.717, 1.165) is 5.56 Å². The van der Waals surface area contributed by atoms with Crippen LogP contribution in [0.1, 0.15) is 18.9 Å². The maximum atomic E-state index is 13.0. The van der Waals surface area contributed by atoms with Crippen molar-refractivity contribution in [1.29, 1.82) is 0 Å². The third-order valence-electron chi connectivity index (χ3n) is 5.44. The number of nitrogens with zero attached hydrogens (tertiary/aromatic N) is 2. The summed E-state index contributed by atoms with van der Waals surface area (Å²) in [6.07, 6.45) is 0.538. The number of β-amino-alcohol motifs (C(OH)–C–C–N with tert-alkyl or cyclic N) is 1. The van der Waals surface area contributed by atoms with Crippen molar-refractivity contribution in [3.8, 4) is 5.75 Å². The van der Waals surface area contributed by atoms with E-state index in [9.17, 15) is 18.3 Å². The van der Waals surface area contributed by atoms with E-state index < -0.39 is 16.1 Å². The summed E-state index contributed by atoms with van der Waals surface area (Å²) in [5.74, 6) is 0.828. The molecule has 0 aliphatic carbocycles. The van der Waals surface area contributed by atoms with Crippen LogP contribution in [0.3, 0.4) is 0 Å². The van der Waals surface area contributed by atoms with Gasteiger partial charge in [0, 0.05) is 48.1 Å². The van der Waals surface area contributed by atoms with E-state index in [2.05, 4.69) is 31.9 Å². The van der Waals surface area contributed by atoms with Gasteiger partial charge in [-0.25, -0.2) is 8.42 Å². The number of ether oxygens (including phenoxy) is 1. The Balaban J connectivity index is 1.45. The Morgan fingerprint density at radius 1 is 1.09 bits per heavy atom. The van der Waals surface area contributed by atoms with Crippen LogP contribution in [-0.4, -0.2) is 73.9 Å². The predicted octanol–water partition coefficient (Wildman–Crippen LogP) is 3.48. The first kappa shape index (κ1) is 26.3. The van der Waals surface area contributed by atoms with Crippen molar-refractivity contribution < 1.29 is 23.1 Å². The molecule has 0 unspecified atom stereocenters. The molecule has 1 N–H and O–H groups in total. The van der Waals surface area contributed by atoms with Gasteiger partial charge < -0.3 is 14.6 Å². The van der Waals surface area contributed by atoms with E-state index in [1.54, 1.807) is 25.1 Å². The molecule has 1 atom stereocenters. The van der Waals surface area contributed by atoms with Gasteiger partial charge in [0.1, 0.15) is 24.2 Å². The Bertz CT molecular complexity index is 1060. The quantitative estimate of drug-likeness (QED) is 0.447. The molecule has 0 saturated carbocycles. The molecular formula is C23H28Br2N2O5S. The minimum atomic E-state index is -3.60. The fraction of sp³-hybridized carbons (Fsp3) is 0.435. The van der Waals surface area contributed by atoms with Gasteiger partial charge in [-0.2, -0.15) is 4.31 Å². The van der Waals surface area contributed by atoms with Crippen molar-refractivity contribution in [2.45, 2.75) is 30.8 Å². The van der Waals surface area contributed by atoms with Crippen LogP contribution < -0.4 is 4.74 Å². The Morgan fingerprint density at radius 2 is 1.76 bits per heavy atom. The van der Waals surface area contributed by atoms with Crippen LogP contribution in [0.4, 0.5) is 0 Å². The SMILES string of the molecule is CC(=O)CCc1ccc(OC[C@H](O)CN2CCN(S(=O)(=O)c3cc(Br)ccc3Br)CC2)cc1. The third-order valence-corrected chi connectivity index (χ3v) is 8.83. The minimum Gasteiger partial charge on any atom is -0.491 e. The maximum Gasteiger partial charge on any atom is 0.244 e. The minimum absolute atomic E-state index is 0.149. The lowest BCUT2D eigenvalue weighted by Crippen LogP contribution is -2.50. The number of piperazine rings is 1. The van der Waals surface area contributed by atoms with Crippen LogP contribution in [0.2, 0.25) is 0 Å². The van der Waals surface area contributed by atoms with E-state index >= 15 is 0 Å². The second-order valence-corrected chi connectivity index (χ2v) is 11.8. The van der Waals surface area contributed by atoms with Gasteiger partial charge in [0.05, 0.1) is 4.90 Å². The van der Waals surface area contributed by atoms with Gasteiger partial charge >= 0.3 is 0 Å². The zero-order valence-electron chi connectivity index (χ0n) is 18.4. The highest BCUT2D eigenvalue weighted by molar-refractivity contribution is 9.11. The van der Waals surface area contributed by atoms with Gasteiger partial charge in [-0.15, -0.1) is 0 Å². The number of hydrogen-bond acceptors (Lipinski definition) is 6. The molecule has 0 aromatic heterocycles. The molecule has 1 saturated heterocycles. The van der Waals surface area contributed by atoms with E-state index in [0.29, 0.717) is 60.3 Å². The Labute approximate surface area is 212 Å². The summed E-state index contributed by atoms with van der Waals surface area (Å²) in [4.78, 5) is 13.4. The number of carbonyl (C=O) groups excluding carboxylic acids is 1. The van der Waals surface area contributed by atoms with E-state index in [-0.39, 0.29) is 17.3 Å². The van der Waals surface area contributed by atoms with Crippen molar-refractivity contribution in [1.82, 2.24) is 9.21 Å². The number of sulfonamides is 1. The Kier molecular flexibility index (Phi) is 9.49. The van der Waals surface area contributed by atoms with E-state index in [4.69, 9.17) is 4.74 Å². The third kappa shape index (κ3) is 7.60. The molecule has 2 aromatic carbocycles. The van der Waals surface area contributed by atoms with Crippen molar-refractivity contribution in [3.63, 3.8) is 0 Å². The Morgan fingerprint density at radius 3 is 2.39 bits per heavy atom. The molecule has 33 heavy (non-hydrogen) atoms. The second kappa shape index (κ2) is 11.9. The highest BCUT2D eigenvalue weighted by Crippen LogP contribution is 2.28. The molecule has 1 aliphatic rings. The molecule has 0 bridgehead atoms. The number of aliphatic hydroxyl groups excluding tert-OH is 1. The smallest absolute Gasteiger partial charge is 0.244 e. The summed E-state index contributed by atoms with van der Waals surface area (Å²) in [7, 11) is -3.60. The lowest BCUT2D eigenvalue weighted by Gasteiger charge is -2.35. The van der Waals surface area contributed by atoms with Gasteiger partial charge in [-0.3, -0.25) is 4.90 Å². The number of hydrogen-bond donors (Lipinski definition) is 1. The summed E-state index contributed by atoms with van der Waals surface area (Å²) in [6, 6.07) is 12.6. The summed E-state index contributed by atoms with van der Waals surface area (Å²) in [5.41, 5.74) is 1.07. The molecule has 0 amide bonds. The summed E-state index contributed by atoms with van der Waals surface area (Å²) >= 11 is 6.67. The lowest BCUT2D eigenvalue weighted by atomic mass is 10.1. The molecular weight excluding hydrogens is 576 g/mol. The zero-order valence-corrected chi connectivity index (χ0v) is 22.4. The monoisotopic (exact) mass is 602 g/mol. The van der Waals surface area contributed by atoms with Crippen LogP contribution in [0, 0.1) is 0 Å². The number of Topliss-reactive ketones (excluding diaryl/α,β-unsaturated/α-hetero) is 1. The zero-order chi connectivity index (χ0) is 24.0. The van der Waals surface area contributed by atoms with Crippen LogP contribution in [0.15, 0.2) is 56.3 Å². The summed E-state index contributed by atoms with van der Waals surface area (Å²) in [5, 5.41) is 10.4. The number of carbonyl (C=O) groups is 1. The standard InChI is InChI=1S/C23H28Br2N2O5S/c1-17(28)2-3-18-4-7-21(8-5-18)32-16-20(29)15-26-10-12-27(13-11-26)33(30,31)23-14-19(24)6-9-22(23)25/h4-9,14,20,29H,2-3,10-13,15-16H2,1H3/t20-/m1/s1. The summed E-state index contributed by atoms with van der Waals surface area (Å²) in [6.45, 7) is 3.92. The van der Waals surface area contributed by atoms with Crippen molar-refractivity contribution in [2.24, 2.45) is 0 Å². The van der Waals surface area contributed by atoms with Crippen molar-refractivity contribution >= 4 is 47.7 Å². The van der Waals surface area contributed by atoms with Gasteiger partial charge in [-0.05, 0) is 65.2 Å². The highest BCUT2D eigenvalue weighted by Gasteiger charge is 2.30. The number of ketones is 1. The maximum absolute atomic E-state index is 13.0. The first-order valence-corrected chi connectivity index (χ1v) is 13.7. The molecule has 0 radical (unpaired) electrons. The second-order valence-electron chi connectivity index (χ2n) is 8.09. The normalized spacial score (nSPS) is 16.5. The average Bonchev–Trinajstić information content (AvgIpc) is 2.79. The number of aryl methyl sites for hydroxylation is 1.